The molecular weight excluding hydrogens is 258 g/mol. The Labute approximate surface area is 98.5 Å². The number of aromatic nitrogens is 2. The van der Waals surface area contributed by atoms with Gasteiger partial charge in [-0.15, -0.1) is 0 Å². The van der Waals surface area contributed by atoms with Gasteiger partial charge in [-0.2, -0.15) is 0 Å². The first-order valence-corrected chi connectivity index (χ1v) is 5.90. The minimum absolute atomic E-state index is 0.144. The Bertz CT molecular complexity index is 296. The minimum atomic E-state index is 0.144. The molecule has 0 bridgehead atoms. The number of nitrogens with zero attached hydrogens (tertiary/aromatic N) is 3. The molecule has 0 saturated heterocycles. The van der Waals surface area contributed by atoms with Crippen molar-refractivity contribution in [3.63, 3.8) is 0 Å². The average Bonchev–Trinajstić information content (AvgIpc) is 2.24. The van der Waals surface area contributed by atoms with Crippen molar-refractivity contribution >= 4 is 21.7 Å². The van der Waals surface area contributed by atoms with Gasteiger partial charge in [0.2, 0.25) is 0 Å². The molecule has 0 saturated carbocycles. The zero-order valence-electron chi connectivity index (χ0n) is 8.86. The van der Waals surface area contributed by atoms with E-state index in [1.165, 1.54) is 6.33 Å². The largest absolute Gasteiger partial charge is 0.395 e. The summed E-state index contributed by atoms with van der Waals surface area (Å²) in [5.74, 6) is 0.861. The number of hydrogen-bond donors (Lipinski definition) is 1. The minimum Gasteiger partial charge on any atom is -0.395 e. The molecule has 15 heavy (non-hydrogen) atoms. The summed E-state index contributed by atoms with van der Waals surface area (Å²) in [6, 6.07) is 1.87. The molecule has 1 rings (SSSR count). The van der Waals surface area contributed by atoms with E-state index in [9.17, 15) is 0 Å². The number of anilines is 1. The van der Waals surface area contributed by atoms with Gasteiger partial charge in [0, 0.05) is 19.2 Å². The Hall–Kier alpha value is -0.680. The summed E-state index contributed by atoms with van der Waals surface area (Å²) in [5, 5.41) is 8.97. The molecule has 4 nitrogen and oxygen atoms in total. The second-order valence-corrected chi connectivity index (χ2v) is 4.08. The molecule has 0 aliphatic rings. The summed E-state index contributed by atoms with van der Waals surface area (Å²) in [6.07, 6.45) is 3.76. The van der Waals surface area contributed by atoms with Crippen LogP contribution in [0, 0.1) is 0 Å². The van der Waals surface area contributed by atoms with Gasteiger partial charge in [-0.05, 0) is 22.4 Å². The zero-order chi connectivity index (χ0) is 11.1. The van der Waals surface area contributed by atoms with Gasteiger partial charge >= 0.3 is 0 Å². The molecule has 1 heterocycles. The third-order valence-corrected chi connectivity index (χ3v) is 2.53. The maximum Gasteiger partial charge on any atom is 0.133 e. The molecule has 84 valence electrons. The van der Waals surface area contributed by atoms with Gasteiger partial charge in [-0.1, -0.05) is 13.3 Å². The van der Waals surface area contributed by atoms with Crippen molar-refractivity contribution in [2.24, 2.45) is 0 Å². The third-order valence-electron chi connectivity index (χ3n) is 2.09. The average molecular weight is 274 g/mol. The summed E-state index contributed by atoms with van der Waals surface area (Å²) in [6.45, 7) is 3.82. The van der Waals surface area contributed by atoms with Crippen LogP contribution in [0.1, 0.15) is 19.8 Å². The van der Waals surface area contributed by atoms with E-state index in [-0.39, 0.29) is 6.61 Å². The molecule has 0 atom stereocenters. The number of aliphatic hydroxyl groups excluding tert-OH is 1. The van der Waals surface area contributed by atoms with E-state index >= 15 is 0 Å². The lowest BCUT2D eigenvalue weighted by Gasteiger charge is -2.22. The van der Waals surface area contributed by atoms with Gasteiger partial charge in [0.05, 0.1) is 6.61 Å². The third kappa shape index (κ3) is 4.13. The molecule has 0 fully saturated rings. The van der Waals surface area contributed by atoms with Crippen molar-refractivity contribution in [3.05, 3.63) is 17.0 Å². The molecule has 1 aromatic heterocycles. The topological polar surface area (TPSA) is 49.2 Å². The van der Waals surface area contributed by atoms with Crippen molar-refractivity contribution in [1.82, 2.24) is 9.97 Å². The predicted octanol–water partition coefficient (Wildman–Crippen LogP) is 1.84. The summed E-state index contributed by atoms with van der Waals surface area (Å²) in [7, 11) is 0. The quantitative estimate of drug-likeness (QED) is 0.804. The Balaban J connectivity index is 2.69. The van der Waals surface area contributed by atoms with Gasteiger partial charge in [0.15, 0.2) is 0 Å². The van der Waals surface area contributed by atoms with E-state index in [1.54, 1.807) is 0 Å². The lowest BCUT2D eigenvalue weighted by Crippen LogP contribution is -2.28. The normalized spacial score (nSPS) is 10.3. The van der Waals surface area contributed by atoms with Crippen LogP contribution in [0.4, 0.5) is 5.82 Å². The number of hydrogen-bond acceptors (Lipinski definition) is 4. The number of aliphatic hydroxyl groups is 1. The van der Waals surface area contributed by atoms with Crippen LogP contribution in [0.25, 0.3) is 0 Å². The van der Waals surface area contributed by atoms with E-state index in [2.05, 4.69) is 37.7 Å². The van der Waals surface area contributed by atoms with Crippen LogP contribution in [0.5, 0.6) is 0 Å². The summed E-state index contributed by atoms with van der Waals surface area (Å²) in [4.78, 5) is 10.2. The molecule has 1 aromatic rings. The fourth-order valence-corrected chi connectivity index (χ4v) is 1.60. The number of halogens is 1. The Morgan fingerprint density at radius 2 is 2.20 bits per heavy atom. The van der Waals surface area contributed by atoms with Crippen LogP contribution >= 0.6 is 15.9 Å². The van der Waals surface area contributed by atoms with Gasteiger partial charge < -0.3 is 10.0 Å². The molecule has 0 amide bonds. The van der Waals surface area contributed by atoms with Crippen molar-refractivity contribution in [3.8, 4) is 0 Å². The zero-order valence-corrected chi connectivity index (χ0v) is 10.4. The van der Waals surface area contributed by atoms with Gasteiger partial charge in [0.25, 0.3) is 0 Å². The molecule has 1 N–H and O–H groups in total. The molecule has 0 aliphatic carbocycles. The summed E-state index contributed by atoms with van der Waals surface area (Å²) in [5.41, 5.74) is 0. The van der Waals surface area contributed by atoms with E-state index in [0.29, 0.717) is 6.54 Å². The maximum absolute atomic E-state index is 8.97. The van der Waals surface area contributed by atoms with Crippen LogP contribution in [0.15, 0.2) is 17.0 Å². The van der Waals surface area contributed by atoms with Crippen molar-refractivity contribution in [2.75, 3.05) is 24.6 Å². The van der Waals surface area contributed by atoms with E-state index in [1.807, 2.05) is 6.07 Å². The van der Waals surface area contributed by atoms with Crippen LogP contribution in [0.3, 0.4) is 0 Å². The molecule has 0 unspecified atom stereocenters. The predicted molar refractivity (Wildman–Crippen MR) is 63.9 cm³/mol. The smallest absolute Gasteiger partial charge is 0.133 e. The van der Waals surface area contributed by atoms with E-state index < -0.39 is 0 Å². The van der Waals surface area contributed by atoms with E-state index in [0.717, 1.165) is 29.8 Å². The highest BCUT2D eigenvalue weighted by molar-refractivity contribution is 9.10. The highest BCUT2D eigenvalue weighted by atomic mass is 79.9. The SMILES string of the molecule is CCCCN(CCO)c1cc(Br)ncn1. The van der Waals surface area contributed by atoms with Gasteiger partial charge in [-0.3, -0.25) is 0 Å². The Kier molecular flexibility index (Phi) is 5.57. The monoisotopic (exact) mass is 273 g/mol. The summed E-state index contributed by atoms with van der Waals surface area (Å²) >= 11 is 3.31. The standard InChI is InChI=1S/C10H16BrN3O/c1-2-3-4-14(5-6-15)10-7-9(11)12-8-13-10/h7-8,15H,2-6H2,1H3. The first kappa shape index (κ1) is 12.4. The fourth-order valence-electron chi connectivity index (χ4n) is 1.31. The first-order chi connectivity index (χ1) is 7.27. The highest BCUT2D eigenvalue weighted by Gasteiger charge is 2.06. The van der Waals surface area contributed by atoms with Crippen LogP contribution in [-0.2, 0) is 0 Å². The second-order valence-electron chi connectivity index (χ2n) is 3.26. The highest BCUT2D eigenvalue weighted by Crippen LogP contribution is 2.14. The fraction of sp³-hybridized carbons (Fsp3) is 0.600. The van der Waals surface area contributed by atoms with Gasteiger partial charge in [-0.25, -0.2) is 9.97 Å². The number of unbranched alkanes of at least 4 members (excludes halogenated alkanes) is 1. The lowest BCUT2D eigenvalue weighted by molar-refractivity contribution is 0.301. The van der Waals surface area contributed by atoms with Crippen LogP contribution in [0.2, 0.25) is 0 Å². The van der Waals surface area contributed by atoms with E-state index in [4.69, 9.17) is 5.11 Å². The second kappa shape index (κ2) is 6.74. The van der Waals surface area contributed by atoms with Crippen molar-refractivity contribution in [1.29, 1.82) is 0 Å². The molecule has 0 spiro atoms. The van der Waals surface area contributed by atoms with Crippen molar-refractivity contribution < 1.29 is 5.11 Å². The molecule has 5 heteroatoms. The molecule has 0 aliphatic heterocycles. The molecule has 0 radical (unpaired) electrons. The Morgan fingerprint density at radius 3 is 2.80 bits per heavy atom. The molecule has 0 aromatic carbocycles. The van der Waals surface area contributed by atoms with Crippen LogP contribution in [-0.4, -0.2) is 34.8 Å². The van der Waals surface area contributed by atoms with Gasteiger partial charge in [0.1, 0.15) is 16.7 Å². The maximum atomic E-state index is 8.97. The summed E-state index contributed by atoms with van der Waals surface area (Å²) < 4.78 is 0.770. The number of rotatable bonds is 6. The first-order valence-electron chi connectivity index (χ1n) is 5.11. The molecular formula is C10H16BrN3O. The Morgan fingerprint density at radius 1 is 1.40 bits per heavy atom. The van der Waals surface area contributed by atoms with Crippen molar-refractivity contribution in [2.45, 2.75) is 19.8 Å². The van der Waals surface area contributed by atoms with Crippen LogP contribution < -0.4 is 4.90 Å². The lowest BCUT2D eigenvalue weighted by atomic mass is 10.3.